The third-order valence-corrected chi connectivity index (χ3v) is 6.10. The number of hydrogen-bond donors (Lipinski definition) is 3. The highest BCUT2D eigenvalue weighted by Gasteiger charge is 2.19. The minimum Gasteiger partial charge on any atom is -0.494 e. The Bertz CT molecular complexity index is 1360. The fourth-order valence-corrected chi connectivity index (χ4v) is 4.13. The monoisotopic (exact) mass is 503 g/mol. The Labute approximate surface area is 216 Å². The number of carbonyl (C=O) groups is 1. The van der Waals surface area contributed by atoms with E-state index in [1.807, 2.05) is 74.8 Å². The summed E-state index contributed by atoms with van der Waals surface area (Å²) in [5.74, 6) is 0.0251. The molecule has 8 heteroatoms. The second-order valence-corrected chi connectivity index (χ2v) is 9.27. The van der Waals surface area contributed by atoms with Crippen LogP contribution in [-0.2, 0) is 0 Å². The van der Waals surface area contributed by atoms with Gasteiger partial charge in [0.1, 0.15) is 0 Å². The average Bonchev–Trinajstić information content (AvgIpc) is 3.19. The number of hydrogen-bond acceptors (Lipinski definition) is 4. The maximum absolute atomic E-state index is 12.5. The first kappa shape index (κ1) is 25.3. The second-order valence-electron chi connectivity index (χ2n) is 8.83. The van der Waals surface area contributed by atoms with Crippen LogP contribution in [0.2, 0.25) is 5.02 Å². The summed E-state index contributed by atoms with van der Waals surface area (Å²) in [7, 11) is 5.76. The predicted molar refractivity (Wildman–Crippen MR) is 148 cm³/mol. The van der Waals surface area contributed by atoms with Gasteiger partial charge in [-0.1, -0.05) is 48.0 Å². The molecule has 3 aromatic carbocycles. The van der Waals surface area contributed by atoms with E-state index < -0.39 is 0 Å². The van der Waals surface area contributed by atoms with Crippen LogP contribution in [0.1, 0.15) is 17.5 Å². The average molecular weight is 504 g/mol. The number of benzene rings is 3. The van der Waals surface area contributed by atoms with Crippen LogP contribution in [0.3, 0.4) is 0 Å². The summed E-state index contributed by atoms with van der Waals surface area (Å²) in [5, 5.41) is 15.1. The van der Waals surface area contributed by atoms with Crippen LogP contribution < -0.4 is 10.2 Å². The Morgan fingerprint density at radius 1 is 1.03 bits per heavy atom. The molecule has 0 radical (unpaired) electrons. The molecule has 1 aromatic heterocycles. The van der Waals surface area contributed by atoms with Gasteiger partial charge < -0.3 is 20.3 Å². The van der Waals surface area contributed by atoms with Gasteiger partial charge in [-0.25, -0.2) is 9.79 Å². The molecule has 0 spiro atoms. The molecule has 7 nitrogen and oxygen atoms in total. The van der Waals surface area contributed by atoms with Crippen LogP contribution in [0.4, 0.5) is 16.2 Å². The van der Waals surface area contributed by atoms with Crippen molar-refractivity contribution in [3.8, 4) is 5.88 Å². The van der Waals surface area contributed by atoms with E-state index in [1.165, 1.54) is 0 Å². The van der Waals surface area contributed by atoms with Gasteiger partial charge in [-0.2, -0.15) is 0 Å². The predicted octanol–water partition coefficient (Wildman–Crippen LogP) is 5.79. The lowest BCUT2D eigenvalue weighted by Gasteiger charge is -2.18. The number of aliphatic imine (C=N–C) groups is 1. The van der Waals surface area contributed by atoms with Gasteiger partial charge in [-0.05, 0) is 63.5 Å². The summed E-state index contributed by atoms with van der Waals surface area (Å²) in [6, 6.07) is 22.4. The van der Waals surface area contributed by atoms with Crippen molar-refractivity contribution in [2.45, 2.75) is 6.42 Å². The molecule has 3 N–H and O–H groups in total. The zero-order chi connectivity index (χ0) is 25.7. The number of carbonyl (C=O) groups excluding carboxylic acids is 1. The normalized spacial score (nSPS) is 11.8. The molecule has 4 rings (SSSR count). The molecule has 2 amide bonds. The largest absolute Gasteiger partial charge is 0.494 e. The van der Waals surface area contributed by atoms with Crippen molar-refractivity contribution in [3.05, 3.63) is 88.9 Å². The van der Waals surface area contributed by atoms with Gasteiger partial charge in [-0.3, -0.25) is 4.90 Å². The van der Waals surface area contributed by atoms with Crippen molar-refractivity contribution in [2.75, 3.05) is 39.1 Å². The molecular weight excluding hydrogens is 474 g/mol. The van der Waals surface area contributed by atoms with Crippen molar-refractivity contribution in [1.82, 2.24) is 15.2 Å². The third-order valence-electron chi connectivity index (χ3n) is 5.87. The zero-order valence-electron chi connectivity index (χ0n) is 20.6. The summed E-state index contributed by atoms with van der Waals surface area (Å²) >= 11 is 6.15. The van der Waals surface area contributed by atoms with Crippen LogP contribution in [0.25, 0.3) is 10.9 Å². The molecule has 0 saturated heterocycles. The molecule has 0 bridgehead atoms. The van der Waals surface area contributed by atoms with E-state index in [4.69, 9.17) is 16.6 Å². The minimum absolute atomic E-state index is 0.0251. The zero-order valence-corrected chi connectivity index (χ0v) is 21.4. The number of rotatable bonds is 8. The highest BCUT2D eigenvalue weighted by atomic mass is 35.5. The van der Waals surface area contributed by atoms with E-state index in [9.17, 15) is 9.90 Å². The van der Waals surface area contributed by atoms with Gasteiger partial charge in [0.25, 0.3) is 0 Å². The van der Waals surface area contributed by atoms with Gasteiger partial charge in [0.15, 0.2) is 5.88 Å². The van der Waals surface area contributed by atoms with Crippen LogP contribution >= 0.6 is 11.6 Å². The Morgan fingerprint density at radius 2 is 1.75 bits per heavy atom. The number of anilines is 1. The minimum atomic E-state index is -0.155. The van der Waals surface area contributed by atoms with E-state index in [2.05, 4.69) is 15.2 Å². The maximum atomic E-state index is 12.5. The van der Waals surface area contributed by atoms with Gasteiger partial charge in [-0.15, -0.1) is 0 Å². The Morgan fingerprint density at radius 3 is 2.44 bits per heavy atom. The van der Waals surface area contributed by atoms with E-state index in [-0.39, 0.29) is 11.9 Å². The van der Waals surface area contributed by atoms with Gasteiger partial charge in [0.05, 0.1) is 22.5 Å². The lowest BCUT2D eigenvalue weighted by atomic mass is 10.0. The number of nitrogens with one attached hydrogen (secondary N) is 2. The number of H-pyrrole nitrogens is 1. The lowest BCUT2D eigenvalue weighted by Crippen LogP contribution is -2.38. The van der Waals surface area contributed by atoms with E-state index >= 15 is 0 Å². The Kier molecular flexibility index (Phi) is 7.93. The highest BCUT2D eigenvalue weighted by molar-refractivity contribution is 6.31. The standard InChI is InChI=1S/C28H30ClN5O2/c1-33(2)17-7-16-30-28(36)34(3)22-13-11-21(12-14-22)31-26(19-8-5-4-6-9-19)25-23-15-10-20(29)18-24(23)32-27(25)35/h4-6,8-15,18,32,35H,7,16-17H2,1-3H3,(H,30,36). The summed E-state index contributed by atoms with van der Waals surface area (Å²) in [5.41, 5.74) is 4.27. The van der Waals surface area contributed by atoms with Crippen LogP contribution in [-0.4, -0.2) is 61.0 Å². The van der Waals surface area contributed by atoms with Crippen molar-refractivity contribution in [1.29, 1.82) is 0 Å². The smallest absolute Gasteiger partial charge is 0.321 e. The fourth-order valence-electron chi connectivity index (χ4n) is 3.96. The fraction of sp³-hybridized carbons (Fsp3) is 0.214. The summed E-state index contributed by atoms with van der Waals surface area (Å²) in [6.07, 6.45) is 0.884. The molecular formula is C28H30ClN5O2. The second kappa shape index (κ2) is 11.3. The summed E-state index contributed by atoms with van der Waals surface area (Å²) < 4.78 is 0. The molecule has 0 aliphatic rings. The summed E-state index contributed by atoms with van der Waals surface area (Å²) in [4.78, 5) is 24.1. The molecule has 186 valence electrons. The SMILES string of the molecule is CN(C)CCCNC(=O)N(C)c1ccc(N=C(c2ccccc2)c2c(O)[nH]c3cc(Cl)ccc23)cc1. The number of fused-ring (bicyclic) bond motifs is 1. The first-order valence-corrected chi connectivity index (χ1v) is 12.1. The number of urea groups is 1. The molecule has 0 unspecified atom stereocenters. The molecule has 1 heterocycles. The Hall–Kier alpha value is -3.81. The topological polar surface area (TPSA) is 84.0 Å². The molecule has 4 aromatic rings. The first-order chi connectivity index (χ1) is 17.3. The van der Waals surface area contributed by atoms with Crippen LogP contribution in [0.5, 0.6) is 5.88 Å². The van der Waals surface area contributed by atoms with Crippen molar-refractivity contribution >= 4 is 45.6 Å². The molecule has 0 aliphatic carbocycles. The van der Waals surface area contributed by atoms with Gasteiger partial charge in [0, 0.05) is 35.3 Å². The summed E-state index contributed by atoms with van der Waals surface area (Å²) in [6.45, 7) is 1.53. The molecule has 0 fully saturated rings. The van der Waals surface area contributed by atoms with E-state index in [1.54, 1.807) is 24.1 Å². The highest BCUT2D eigenvalue weighted by Crippen LogP contribution is 2.33. The van der Waals surface area contributed by atoms with E-state index in [0.717, 1.165) is 35.1 Å². The van der Waals surface area contributed by atoms with Crippen molar-refractivity contribution < 1.29 is 9.90 Å². The van der Waals surface area contributed by atoms with Crippen LogP contribution in [0, 0.1) is 0 Å². The van der Waals surface area contributed by atoms with E-state index in [0.29, 0.717) is 28.5 Å². The van der Waals surface area contributed by atoms with Crippen LogP contribution in [0.15, 0.2) is 77.8 Å². The number of nitrogens with zero attached hydrogens (tertiary/aromatic N) is 3. The van der Waals surface area contributed by atoms with Gasteiger partial charge >= 0.3 is 6.03 Å². The van der Waals surface area contributed by atoms with Crippen molar-refractivity contribution in [2.24, 2.45) is 4.99 Å². The molecule has 0 aliphatic heterocycles. The number of halogens is 1. The lowest BCUT2D eigenvalue weighted by molar-refractivity contribution is 0.247. The number of aromatic hydroxyl groups is 1. The quantitative estimate of drug-likeness (QED) is 0.210. The third kappa shape index (κ3) is 5.87. The molecule has 0 saturated carbocycles. The van der Waals surface area contributed by atoms with Gasteiger partial charge in [0.2, 0.25) is 0 Å². The Balaban J connectivity index is 1.62. The number of aromatic nitrogens is 1. The number of amides is 2. The number of aromatic amines is 1. The molecule has 0 atom stereocenters. The van der Waals surface area contributed by atoms with Crippen molar-refractivity contribution in [3.63, 3.8) is 0 Å². The molecule has 36 heavy (non-hydrogen) atoms. The first-order valence-electron chi connectivity index (χ1n) is 11.7. The maximum Gasteiger partial charge on any atom is 0.321 e.